The number of likely N-dealkylation sites (tertiary alicyclic amines) is 1. The van der Waals surface area contributed by atoms with E-state index in [-0.39, 0.29) is 38.9 Å². The van der Waals surface area contributed by atoms with E-state index in [4.69, 9.17) is 0 Å². The summed E-state index contributed by atoms with van der Waals surface area (Å²) >= 11 is 0.779. The Morgan fingerprint density at radius 2 is 1.94 bits per heavy atom. The predicted molar refractivity (Wildman–Crippen MR) is 131 cm³/mol. The number of anilines is 1. The Kier molecular flexibility index (Phi) is 7.78. The highest BCUT2D eigenvalue weighted by Gasteiger charge is 2.38. The fourth-order valence-electron chi connectivity index (χ4n) is 3.81. The lowest BCUT2D eigenvalue weighted by molar-refractivity contribution is -0.137. The molecule has 1 fully saturated rings. The van der Waals surface area contributed by atoms with Crippen LogP contribution in [-0.2, 0) is 6.18 Å². The summed E-state index contributed by atoms with van der Waals surface area (Å²) in [6.45, 7) is 12.0. The molecule has 35 heavy (non-hydrogen) atoms. The molecular formula is C24H32F3N5O2S. The molecule has 0 radical (unpaired) electrons. The van der Waals surface area contributed by atoms with Gasteiger partial charge >= 0.3 is 6.18 Å². The molecule has 3 rings (SSSR count). The minimum atomic E-state index is -4.71. The van der Waals surface area contributed by atoms with Gasteiger partial charge in [0, 0.05) is 36.4 Å². The van der Waals surface area contributed by atoms with E-state index in [1.54, 1.807) is 4.90 Å². The van der Waals surface area contributed by atoms with Crippen molar-refractivity contribution >= 4 is 29.0 Å². The Morgan fingerprint density at radius 3 is 2.49 bits per heavy atom. The fraction of sp³-hybridized carbons (Fsp3) is 0.583. The summed E-state index contributed by atoms with van der Waals surface area (Å²) in [5.41, 5.74) is -1.87. The third kappa shape index (κ3) is 6.50. The van der Waals surface area contributed by atoms with Gasteiger partial charge in [-0.1, -0.05) is 13.8 Å². The monoisotopic (exact) mass is 511 g/mol. The number of thiazole rings is 1. The van der Waals surface area contributed by atoms with E-state index >= 15 is 0 Å². The number of aromatic nitrogens is 2. The van der Waals surface area contributed by atoms with Gasteiger partial charge in [-0.25, -0.2) is 9.97 Å². The highest BCUT2D eigenvalue weighted by atomic mass is 32.1. The van der Waals surface area contributed by atoms with Gasteiger partial charge in [-0.3, -0.25) is 9.59 Å². The molecule has 1 unspecified atom stereocenters. The van der Waals surface area contributed by atoms with Gasteiger partial charge in [-0.05, 0) is 52.5 Å². The first-order valence-corrected chi connectivity index (χ1v) is 12.4. The van der Waals surface area contributed by atoms with Crippen molar-refractivity contribution in [2.45, 2.75) is 72.1 Å². The first-order chi connectivity index (χ1) is 16.2. The summed E-state index contributed by atoms with van der Waals surface area (Å²) in [6.07, 6.45) is -2.01. The number of carbonyl (C=O) groups excluding carboxylic acids is 2. The van der Waals surface area contributed by atoms with Crippen molar-refractivity contribution in [2.75, 3.05) is 18.4 Å². The molecule has 0 spiro atoms. The van der Waals surface area contributed by atoms with Crippen molar-refractivity contribution in [3.05, 3.63) is 28.5 Å². The molecule has 0 saturated carbocycles. The van der Waals surface area contributed by atoms with Crippen molar-refractivity contribution in [1.29, 1.82) is 0 Å². The Bertz CT molecular complexity index is 1090. The van der Waals surface area contributed by atoms with Gasteiger partial charge in [0.1, 0.15) is 11.5 Å². The number of nitrogens with one attached hydrogen (secondary N) is 2. The zero-order valence-electron chi connectivity index (χ0n) is 20.8. The Morgan fingerprint density at radius 1 is 1.26 bits per heavy atom. The van der Waals surface area contributed by atoms with E-state index < -0.39 is 29.1 Å². The average molecular weight is 512 g/mol. The topological polar surface area (TPSA) is 87.2 Å². The van der Waals surface area contributed by atoms with Crippen LogP contribution in [0.5, 0.6) is 0 Å². The maximum absolute atomic E-state index is 14.2. The van der Waals surface area contributed by atoms with Gasteiger partial charge in [-0.15, -0.1) is 11.3 Å². The van der Waals surface area contributed by atoms with Crippen LogP contribution < -0.4 is 10.6 Å². The van der Waals surface area contributed by atoms with E-state index in [1.807, 2.05) is 41.5 Å². The predicted octanol–water partition coefficient (Wildman–Crippen LogP) is 5.44. The number of pyridine rings is 1. The molecule has 1 aliphatic heterocycles. The molecule has 7 nitrogen and oxygen atoms in total. The molecule has 2 aromatic rings. The second-order valence-electron chi connectivity index (χ2n) is 10.3. The largest absolute Gasteiger partial charge is 0.417 e. The first kappa shape index (κ1) is 26.9. The van der Waals surface area contributed by atoms with Gasteiger partial charge in [0.05, 0.1) is 10.4 Å². The second-order valence-corrected chi connectivity index (χ2v) is 11.3. The number of rotatable bonds is 6. The summed E-state index contributed by atoms with van der Waals surface area (Å²) < 4.78 is 42.5. The Labute approximate surface area is 207 Å². The van der Waals surface area contributed by atoms with Crippen molar-refractivity contribution in [3.8, 4) is 10.4 Å². The van der Waals surface area contributed by atoms with Crippen LogP contribution in [0.15, 0.2) is 12.3 Å². The average Bonchev–Trinajstić information content (AvgIpc) is 3.36. The normalized spacial score (nSPS) is 16.6. The van der Waals surface area contributed by atoms with Crippen molar-refractivity contribution in [3.63, 3.8) is 0 Å². The van der Waals surface area contributed by atoms with Crippen LogP contribution in [0.2, 0.25) is 0 Å². The van der Waals surface area contributed by atoms with Crippen molar-refractivity contribution < 1.29 is 22.8 Å². The van der Waals surface area contributed by atoms with E-state index in [0.717, 1.165) is 36.4 Å². The number of alkyl halides is 3. The molecule has 2 amide bonds. The third-order valence-corrected chi connectivity index (χ3v) is 6.55. The lowest BCUT2D eigenvalue weighted by Gasteiger charge is -2.23. The quantitative estimate of drug-likeness (QED) is 0.539. The zero-order valence-corrected chi connectivity index (χ0v) is 21.7. The van der Waals surface area contributed by atoms with Crippen LogP contribution in [0, 0.1) is 5.92 Å². The molecule has 3 heterocycles. The van der Waals surface area contributed by atoms with Crippen molar-refractivity contribution in [2.24, 2.45) is 5.92 Å². The third-order valence-electron chi connectivity index (χ3n) is 5.47. The maximum Gasteiger partial charge on any atom is 0.417 e. The van der Waals surface area contributed by atoms with Crippen LogP contribution in [0.4, 0.5) is 19.0 Å². The number of halogens is 3. The van der Waals surface area contributed by atoms with Crippen LogP contribution in [0.25, 0.3) is 10.4 Å². The molecule has 2 aromatic heterocycles. The molecule has 0 bridgehead atoms. The first-order valence-electron chi connectivity index (χ1n) is 11.6. The SMILES string of the molecule is CC(C)CNC(=O)c1nc(C(=O)N2CCCC2C)c(-c2cnc(NC(C)(C)C)cc2C(F)(F)F)s1. The minimum absolute atomic E-state index is 0.00840. The zero-order chi connectivity index (χ0) is 26.1. The van der Waals surface area contributed by atoms with E-state index in [1.165, 1.54) is 0 Å². The van der Waals surface area contributed by atoms with Crippen LogP contribution >= 0.6 is 11.3 Å². The summed E-state index contributed by atoms with van der Waals surface area (Å²) in [6, 6.07) is 0.875. The van der Waals surface area contributed by atoms with Crippen LogP contribution in [0.3, 0.4) is 0 Å². The summed E-state index contributed by atoms with van der Waals surface area (Å²) in [7, 11) is 0. The number of nitrogens with zero attached hydrogens (tertiary/aromatic N) is 3. The van der Waals surface area contributed by atoms with Gasteiger partial charge in [0.15, 0.2) is 5.01 Å². The number of hydrogen-bond donors (Lipinski definition) is 2. The maximum atomic E-state index is 14.2. The summed E-state index contributed by atoms with van der Waals surface area (Å²) in [5, 5.41) is 5.62. The van der Waals surface area contributed by atoms with Gasteiger partial charge < -0.3 is 15.5 Å². The van der Waals surface area contributed by atoms with Gasteiger partial charge in [0.25, 0.3) is 11.8 Å². The van der Waals surface area contributed by atoms with E-state index in [9.17, 15) is 22.8 Å². The smallest absolute Gasteiger partial charge is 0.365 e. The molecule has 11 heteroatoms. The molecule has 2 N–H and O–H groups in total. The lowest BCUT2D eigenvalue weighted by atomic mass is 10.1. The molecule has 0 aliphatic carbocycles. The van der Waals surface area contributed by atoms with E-state index in [0.29, 0.717) is 13.1 Å². The second kappa shape index (κ2) is 10.1. The highest BCUT2D eigenvalue weighted by molar-refractivity contribution is 7.17. The minimum Gasteiger partial charge on any atom is -0.365 e. The van der Waals surface area contributed by atoms with Crippen molar-refractivity contribution in [1.82, 2.24) is 20.2 Å². The summed E-state index contributed by atoms with van der Waals surface area (Å²) in [4.78, 5) is 36.1. The molecule has 192 valence electrons. The number of amides is 2. The molecule has 0 aromatic carbocycles. The number of carbonyl (C=O) groups is 2. The molecule has 1 aliphatic rings. The lowest BCUT2D eigenvalue weighted by Crippen LogP contribution is -2.34. The molecule has 1 saturated heterocycles. The van der Waals surface area contributed by atoms with Gasteiger partial charge in [0.2, 0.25) is 0 Å². The Balaban J connectivity index is 2.14. The van der Waals surface area contributed by atoms with Crippen LogP contribution in [0.1, 0.15) is 80.2 Å². The highest BCUT2D eigenvalue weighted by Crippen LogP contribution is 2.42. The molecular weight excluding hydrogens is 479 g/mol. The van der Waals surface area contributed by atoms with Gasteiger partial charge in [-0.2, -0.15) is 13.2 Å². The van der Waals surface area contributed by atoms with E-state index in [2.05, 4.69) is 20.6 Å². The van der Waals surface area contributed by atoms with Crippen LogP contribution in [-0.4, -0.2) is 51.4 Å². The summed E-state index contributed by atoms with van der Waals surface area (Å²) in [5.74, 6) is -0.761. The fourth-order valence-corrected chi connectivity index (χ4v) is 4.81. The number of hydrogen-bond acceptors (Lipinski definition) is 6. The Hall–Kier alpha value is -2.69. The standard InChI is InChI=1S/C24H32F3N5O2S/c1-13(2)11-29-20(33)21-30-18(22(34)32-9-7-8-14(32)3)19(35-21)15-12-28-17(31-23(4,5)6)10-16(15)24(25,26)27/h10,12-14H,7-9,11H2,1-6H3,(H,28,31)(H,29,33). The molecule has 1 atom stereocenters.